The Morgan fingerprint density at radius 2 is 1.39 bits per heavy atom. The third-order valence-electron chi connectivity index (χ3n) is 5.27. The van der Waals surface area contributed by atoms with E-state index in [0.717, 1.165) is 33.1 Å². The van der Waals surface area contributed by atoms with Gasteiger partial charge in [0.15, 0.2) is 5.43 Å². The lowest BCUT2D eigenvalue weighted by molar-refractivity contribution is 0.654. The standard InChI is InChI=1S/C24H14N2O2/c27-23-17-6-1-3-9-20(17)26(21-10-4-2-7-18(21)23)15-11-12-22-19(14-15)16-8-5-13-25-24(16)28-22/h1-14H. The molecular formula is C24H14N2O2. The maximum absolute atomic E-state index is 13.0. The molecule has 0 fully saturated rings. The van der Waals surface area contributed by atoms with Crippen LogP contribution in [0.4, 0.5) is 0 Å². The summed E-state index contributed by atoms with van der Waals surface area (Å²) >= 11 is 0. The van der Waals surface area contributed by atoms with Crippen molar-refractivity contribution in [3.63, 3.8) is 0 Å². The van der Waals surface area contributed by atoms with Gasteiger partial charge in [-0.25, -0.2) is 4.98 Å². The Bertz CT molecular complexity index is 1530. The number of furan rings is 1. The second-order valence-electron chi connectivity index (χ2n) is 6.84. The molecule has 0 radical (unpaired) electrons. The summed E-state index contributed by atoms with van der Waals surface area (Å²) in [5, 5.41) is 3.40. The highest BCUT2D eigenvalue weighted by atomic mass is 16.3. The molecule has 3 heterocycles. The summed E-state index contributed by atoms with van der Waals surface area (Å²) < 4.78 is 8.01. The normalized spacial score (nSPS) is 11.7. The fourth-order valence-corrected chi connectivity index (χ4v) is 4.01. The second-order valence-corrected chi connectivity index (χ2v) is 6.84. The van der Waals surface area contributed by atoms with Crippen LogP contribution in [-0.4, -0.2) is 9.55 Å². The fraction of sp³-hybridized carbons (Fsp3) is 0. The minimum atomic E-state index is 0.0569. The first-order valence-corrected chi connectivity index (χ1v) is 9.11. The lowest BCUT2D eigenvalue weighted by Crippen LogP contribution is -2.10. The lowest BCUT2D eigenvalue weighted by atomic mass is 10.1. The zero-order chi connectivity index (χ0) is 18.7. The van der Waals surface area contributed by atoms with Gasteiger partial charge in [0, 0.05) is 33.4 Å². The van der Waals surface area contributed by atoms with Gasteiger partial charge in [-0.1, -0.05) is 24.3 Å². The van der Waals surface area contributed by atoms with Crippen LogP contribution in [-0.2, 0) is 0 Å². The van der Waals surface area contributed by atoms with Gasteiger partial charge in [-0.3, -0.25) is 4.79 Å². The molecule has 0 N–H and O–H groups in total. The van der Waals surface area contributed by atoms with Crippen molar-refractivity contribution in [1.82, 2.24) is 9.55 Å². The van der Waals surface area contributed by atoms with Crippen LogP contribution >= 0.6 is 0 Å². The third kappa shape index (κ3) is 2.00. The summed E-state index contributed by atoms with van der Waals surface area (Å²) in [6, 6.07) is 25.5. The van der Waals surface area contributed by atoms with Crippen LogP contribution in [0.3, 0.4) is 0 Å². The van der Waals surface area contributed by atoms with Crippen molar-refractivity contribution in [2.24, 2.45) is 0 Å². The molecule has 3 aromatic carbocycles. The molecule has 0 atom stereocenters. The first-order chi connectivity index (χ1) is 13.8. The molecule has 0 bridgehead atoms. The SMILES string of the molecule is O=c1c2ccccc2n(-c2ccc3oc4ncccc4c3c2)c2ccccc12. The van der Waals surface area contributed by atoms with Crippen molar-refractivity contribution in [1.29, 1.82) is 0 Å². The molecule has 6 rings (SSSR count). The first-order valence-electron chi connectivity index (χ1n) is 9.11. The van der Waals surface area contributed by atoms with E-state index < -0.39 is 0 Å². The molecule has 3 aromatic heterocycles. The maximum Gasteiger partial charge on any atom is 0.227 e. The van der Waals surface area contributed by atoms with Crippen LogP contribution in [0.15, 0.2) is 94.3 Å². The van der Waals surface area contributed by atoms with Crippen molar-refractivity contribution in [3.05, 3.63) is 95.3 Å². The van der Waals surface area contributed by atoms with E-state index in [1.807, 2.05) is 72.8 Å². The highest BCUT2D eigenvalue weighted by Crippen LogP contribution is 2.31. The third-order valence-corrected chi connectivity index (χ3v) is 5.27. The molecule has 0 saturated heterocycles. The van der Waals surface area contributed by atoms with E-state index in [4.69, 9.17) is 4.42 Å². The molecule has 0 amide bonds. The molecule has 0 aliphatic heterocycles. The number of nitrogens with zero attached hydrogens (tertiary/aromatic N) is 2. The molecular weight excluding hydrogens is 348 g/mol. The predicted octanol–water partition coefficient (Wildman–Crippen LogP) is 5.44. The Balaban J connectivity index is 1.80. The molecule has 132 valence electrons. The monoisotopic (exact) mass is 362 g/mol. The Labute approximate surface area is 159 Å². The van der Waals surface area contributed by atoms with E-state index in [1.54, 1.807) is 6.20 Å². The van der Waals surface area contributed by atoms with Crippen LogP contribution in [0.2, 0.25) is 0 Å². The number of hydrogen-bond acceptors (Lipinski definition) is 3. The van der Waals surface area contributed by atoms with Crippen LogP contribution in [0.5, 0.6) is 0 Å². The Kier molecular flexibility index (Phi) is 3.00. The van der Waals surface area contributed by atoms with Crippen molar-refractivity contribution >= 4 is 43.9 Å². The Morgan fingerprint density at radius 1 is 0.714 bits per heavy atom. The summed E-state index contributed by atoms with van der Waals surface area (Å²) in [6.45, 7) is 0. The smallest absolute Gasteiger partial charge is 0.227 e. The number of aromatic nitrogens is 2. The summed E-state index contributed by atoms with van der Waals surface area (Å²) in [5.74, 6) is 0. The van der Waals surface area contributed by atoms with Crippen LogP contribution in [0.25, 0.3) is 49.6 Å². The molecule has 6 aromatic rings. The molecule has 4 heteroatoms. The predicted molar refractivity (Wildman–Crippen MR) is 112 cm³/mol. The second kappa shape index (κ2) is 5.54. The van der Waals surface area contributed by atoms with Crippen LogP contribution in [0.1, 0.15) is 0 Å². The maximum atomic E-state index is 13.0. The average Bonchev–Trinajstić information content (AvgIpc) is 3.12. The van der Waals surface area contributed by atoms with Gasteiger partial charge < -0.3 is 8.98 Å². The van der Waals surface area contributed by atoms with E-state index in [0.29, 0.717) is 16.5 Å². The van der Waals surface area contributed by atoms with Crippen molar-refractivity contribution < 1.29 is 4.42 Å². The molecule has 0 spiro atoms. The van der Waals surface area contributed by atoms with E-state index in [2.05, 4.69) is 15.6 Å². The van der Waals surface area contributed by atoms with Gasteiger partial charge in [-0.05, 0) is 54.6 Å². The van der Waals surface area contributed by atoms with Gasteiger partial charge in [0.2, 0.25) is 5.71 Å². The molecule has 4 nitrogen and oxygen atoms in total. The first kappa shape index (κ1) is 15.2. The number of benzene rings is 3. The highest BCUT2D eigenvalue weighted by Gasteiger charge is 2.14. The topological polar surface area (TPSA) is 48.0 Å². The number of hydrogen-bond donors (Lipinski definition) is 0. The van der Waals surface area contributed by atoms with Gasteiger partial charge in [0.05, 0.1) is 11.0 Å². The quantitative estimate of drug-likeness (QED) is 0.366. The van der Waals surface area contributed by atoms with E-state index in [1.165, 1.54) is 0 Å². The van der Waals surface area contributed by atoms with Gasteiger partial charge in [-0.15, -0.1) is 0 Å². The van der Waals surface area contributed by atoms with Crippen LogP contribution in [0, 0.1) is 0 Å². The zero-order valence-electron chi connectivity index (χ0n) is 14.8. The number of rotatable bonds is 1. The van der Waals surface area contributed by atoms with Crippen molar-refractivity contribution in [2.45, 2.75) is 0 Å². The summed E-state index contributed by atoms with van der Waals surface area (Å²) in [7, 11) is 0. The lowest BCUT2D eigenvalue weighted by Gasteiger charge is -2.15. The van der Waals surface area contributed by atoms with Crippen LogP contribution < -0.4 is 5.43 Å². The number of pyridine rings is 2. The highest BCUT2D eigenvalue weighted by molar-refractivity contribution is 6.05. The average molecular weight is 362 g/mol. The fourth-order valence-electron chi connectivity index (χ4n) is 4.01. The minimum absolute atomic E-state index is 0.0569. The van der Waals surface area contributed by atoms with E-state index in [9.17, 15) is 4.79 Å². The molecule has 0 unspecified atom stereocenters. The largest absolute Gasteiger partial charge is 0.438 e. The van der Waals surface area contributed by atoms with E-state index in [-0.39, 0.29) is 5.43 Å². The molecule has 28 heavy (non-hydrogen) atoms. The number of fused-ring (bicyclic) bond motifs is 5. The minimum Gasteiger partial charge on any atom is -0.438 e. The van der Waals surface area contributed by atoms with Crippen molar-refractivity contribution in [3.8, 4) is 5.69 Å². The Hall–Kier alpha value is -3.92. The Morgan fingerprint density at radius 3 is 2.14 bits per heavy atom. The van der Waals surface area contributed by atoms with Gasteiger partial charge in [-0.2, -0.15) is 0 Å². The summed E-state index contributed by atoms with van der Waals surface area (Å²) in [6.07, 6.45) is 1.73. The molecule has 0 aliphatic carbocycles. The zero-order valence-corrected chi connectivity index (χ0v) is 14.8. The summed E-state index contributed by atoms with van der Waals surface area (Å²) in [4.78, 5) is 17.3. The van der Waals surface area contributed by atoms with Gasteiger partial charge in [0.25, 0.3) is 0 Å². The van der Waals surface area contributed by atoms with Gasteiger partial charge in [0.1, 0.15) is 5.58 Å². The molecule has 0 aliphatic rings. The van der Waals surface area contributed by atoms with E-state index >= 15 is 0 Å². The molecule has 0 saturated carbocycles. The number of para-hydroxylation sites is 2. The van der Waals surface area contributed by atoms with Gasteiger partial charge >= 0.3 is 0 Å². The summed E-state index contributed by atoms with van der Waals surface area (Å²) in [5.41, 5.74) is 4.23. The van der Waals surface area contributed by atoms with Crippen molar-refractivity contribution in [2.75, 3.05) is 0 Å².